The van der Waals surface area contributed by atoms with E-state index in [0.29, 0.717) is 37.0 Å². The molecule has 1 aromatic carbocycles. The van der Waals surface area contributed by atoms with Crippen molar-refractivity contribution in [2.45, 2.75) is 32.7 Å². The molecule has 0 spiro atoms. The molecule has 1 unspecified atom stereocenters. The van der Waals surface area contributed by atoms with Gasteiger partial charge in [-0.15, -0.1) is 0 Å². The molecule has 3 heterocycles. The van der Waals surface area contributed by atoms with Gasteiger partial charge in [0.15, 0.2) is 5.82 Å². The van der Waals surface area contributed by atoms with E-state index in [1.165, 1.54) is 0 Å². The van der Waals surface area contributed by atoms with E-state index in [0.717, 1.165) is 16.5 Å². The molecule has 136 valence electrons. The first-order valence-corrected chi connectivity index (χ1v) is 8.70. The largest absolute Gasteiger partial charge is 0.377 e. The summed E-state index contributed by atoms with van der Waals surface area (Å²) < 4.78 is 10.9. The lowest BCUT2D eigenvalue weighted by atomic mass is 10.0. The number of fused-ring (bicyclic) bond motifs is 1. The number of carbonyl (C=O) groups excluding carboxylic acids is 1. The Morgan fingerprint density at radius 1 is 1.38 bits per heavy atom. The summed E-state index contributed by atoms with van der Waals surface area (Å²) in [6.45, 7) is 7.24. The van der Waals surface area contributed by atoms with Crippen molar-refractivity contribution in [2.24, 2.45) is 0 Å². The topological polar surface area (TPSA) is 97.1 Å². The summed E-state index contributed by atoms with van der Waals surface area (Å²) in [5, 5.41) is 12.0. The average Bonchev–Trinajstić information content (AvgIpc) is 3.29. The van der Waals surface area contributed by atoms with Gasteiger partial charge in [-0.1, -0.05) is 19.0 Å². The van der Waals surface area contributed by atoms with Gasteiger partial charge in [0.25, 0.3) is 5.91 Å². The molecule has 1 atom stereocenters. The first-order valence-electron chi connectivity index (χ1n) is 8.70. The van der Waals surface area contributed by atoms with Gasteiger partial charge in [0, 0.05) is 17.8 Å². The van der Waals surface area contributed by atoms with Crippen molar-refractivity contribution in [1.29, 1.82) is 0 Å². The summed E-state index contributed by atoms with van der Waals surface area (Å²) in [6.07, 6.45) is 1.73. The number of H-pyrrole nitrogens is 1. The van der Waals surface area contributed by atoms with E-state index < -0.39 is 0 Å². The number of hydrogen-bond donors (Lipinski definition) is 1. The molecule has 26 heavy (non-hydrogen) atoms. The van der Waals surface area contributed by atoms with Crippen LogP contribution in [0.1, 0.15) is 53.4 Å². The molecule has 0 aliphatic carbocycles. The normalized spacial score (nSPS) is 18.0. The molecule has 0 radical (unpaired) electrons. The van der Waals surface area contributed by atoms with Crippen molar-refractivity contribution in [2.75, 3.05) is 19.8 Å². The van der Waals surface area contributed by atoms with Crippen LogP contribution >= 0.6 is 0 Å². The Kier molecular flexibility index (Phi) is 4.20. The predicted molar refractivity (Wildman–Crippen MR) is 93.8 cm³/mol. The van der Waals surface area contributed by atoms with E-state index in [2.05, 4.69) is 20.3 Å². The Bertz CT molecular complexity index is 945. The summed E-state index contributed by atoms with van der Waals surface area (Å²) in [5.74, 6) is 1.08. The number of amides is 1. The number of aromatic nitrogens is 4. The summed E-state index contributed by atoms with van der Waals surface area (Å²) in [5.41, 5.74) is 2.34. The Morgan fingerprint density at radius 3 is 3.00 bits per heavy atom. The van der Waals surface area contributed by atoms with Crippen LogP contribution < -0.4 is 0 Å². The molecule has 8 heteroatoms. The maximum absolute atomic E-state index is 13.3. The highest BCUT2D eigenvalue weighted by Gasteiger charge is 2.34. The van der Waals surface area contributed by atoms with Crippen molar-refractivity contribution >= 4 is 16.8 Å². The highest BCUT2D eigenvalue weighted by molar-refractivity contribution is 6.05. The van der Waals surface area contributed by atoms with Crippen LogP contribution in [-0.4, -0.2) is 50.9 Å². The van der Waals surface area contributed by atoms with Gasteiger partial charge in [-0.2, -0.15) is 10.1 Å². The number of benzene rings is 1. The smallest absolute Gasteiger partial charge is 0.256 e. The van der Waals surface area contributed by atoms with Crippen LogP contribution in [0.3, 0.4) is 0 Å². The number of nitrogens with one attached hydrogen (secondary N) is 1. The molecule has 8 nitrogen and oxygen atoms in total. The second-order valence-corrected chi connectivity index (χ2v) is 6.88. The highest BCUT2D eigenvalue weighted by Crippen LogP contribution is 2.28. The molecule has 2 aromatic heterocycles. The lowest BCUT2D eigenvalue weighted by Crippen LogP contribution is -2.44. The van der Waals surface area contributed by atoms with Crippen molar-refractivity contribution < 1.29 is 14.1 Å². The van der Waals surface area contributed by atoms with Crippen LogP contribution in [0, 0.1) is 6.92 Å². The summed E-state index contributed by atoms with van der Waals surface area (Å²) >= 11 is 0. The number of hydrogen-bond acceptors (Lipinski definition) is 6. The van der Waals surface area contributed by atoms with Crippen LogP contribution in [0.5, 0.6) is 0 Å². The maximum Gasteiger partial charge on any atom is 0.256 e. The minimum atomic E-state index is -0.369. The lowest BCUT2D eigenvalue weighted by molar-refractivity contribution is -0.00568. The second-order valence-electron chi connectivity index (χ2n) is 6.88. The number of ether oxygens (including phenoxy) is 1. The number of aryl methyl sites for hydroxylation is 1. The molecule has 1 aliphatic heterocycles. The Labute approximate surface area is 150 Å². The standard InChI is InChI=1S/C18H21N5O3/c1-10(2)17-20-16(22-26-17)14-9-25-5-4-23(14)18(24)13-7-11(3)6-12-8-19-21-15(12)13/h6-8,10,14H,4-5,9H2,1-3H3,(H,19,21). The van der Waals surface area contributed by atoms with Gasteiger partial charge in [-0.05, 0) is 24.6 Å². The average molecular weight is 355 g/mol. The van der Waals surface area contributed by atoms with Gasteiger partial charge in [0.05, 0.1) is 30.5 Å². The number of carbonyl (C=O) groups is 1. The minimum Gasteiger partial charge on any atom is -0.377 e. The first-order chi connectivity index (χ1) is 12.5. The molecule has 4 rings (SSSR count). The van der Waals surface area contributed by atoms with E-state index in [-0.39, 0.29) is 17.9 Å². The third-order valence-corrected chi connectivity index (χ3v) is 4.56. The van der Waals surface area contributed by atoms with Crippen LogP contribution in [0.2, 0.25) is 0 Å². The van der Waals surface area contributed by atoms with Gasteiger partial charge in [-0.3, -0.25) is 9.89 Å². The summed E-state index contributed by atoms with van der Waals surface area (Å²) in [4.78, 5) is 19.5. The minimum absolute atomic E-state index is 0.0906. The molecule has 0 bridgehead atoms. The predicted octanol–water partition coefficient (Wildman–Crippen LogP) is 2.59. The van der Waals surface area contributed by atoms with Crippen molar-refractivity contribution in [3.8, 4) is 0 Å². The number of morpholine rings is 1. The Balaban J connectivity index is 1.71. The molecule has 1 amide bonds. The van der Waals surface area contributed by atoms with Crippen LogP contribution in [0.4, 0.5) is 0 Å². The third kappa shape index (κ3) is 2.86. The third-order valence-electron chi connectivity index (χ3n) is 4.56. The summed E-state index contributed by atoms with van der Waals surface area (Å²) in [7, 11) is 0. The van der Waals surface area contributed by atoms with Gasteiger partial charge < -0.3 is 14.2 Å². The van der Waals surface area contributed by atoms with E-state index in [1.807, 2.05) is 32.9 Å². The van der Waals surface area contributed by atoms with E-state index >= 15 is 0 Å². The van der Waals surface area contributed by atoms with Crippen LogP contribution in [0.15, 0.2) is 22.9 Å². The molecule has 3 aromatic rings. The quantitative estimate of drug-likeness (QED) is 0.775. The molecule has 1 fully saturated rings. The van der Waals surface area contributed by atoms with E-state index in [9.17, 15) is 4.79 Å². The molecule has 1 saturated heterocycles. The maximum atomic E-state index is 13.3. The highest BCUT2D eigenvalue weighted by atomic mass is 16.5. The van der Waals surface area contributed by atoms with Gasteiger partial charge >= 0.3 is 0 Å². The van der Waals surface area contributed by atoms with Crippen molar-refractivity contribution in [1.82, 2.24) is 25.2 Å². The van der Waals surface area contributed by atoms with Crippen LogP contribution in [0.25, 0.3) is 10.9 Å². The molecule has 1 aliphatic rings. The Hall–Kier alpha value is -2.74. The van der Waals surface area contributed by atoms with Crippen molar-refractivity contribution in [3.63, 3.8) is 0 Å². The van der Waals surface area contributed by atoms with Crippen LogP contribution in [-0.2, 0) is 4.74 Å². The molecular weight excluding hydrogens is 334 g/mol. The zero-order valence-corrected chi connectivity index (χ0v) is 15.0. The van der Waals surface area contributed by atoms with Gasteiger partial charge in [0.2, 0.25) is 5.89 Å². The number of aromatic amines is 1. The fraction of sp³-hybridized carbons (Fsp3) is 0.444. The monoisotopic (exact) mass is 355 g/mol. The SMILES string of the molecule is Cc1cc(C(=O)N2CCOCC2c2noc(C(C)C)n2)c2[nH]ncc2c1. The zero-order valence-electron chi connectivity index (χ0n) is 15.0. The number of rotatable bonds is 3. The van der Waals surface area contributed by atoms with Crippen molar-refractivity contribution in [3.05, 3.63) is 41.2 Å². The fourth-order valence-electron chi connectivity index (χ4n) is 3.21. The van der Waals surface area contributed by atoms with Gasteiger partial charge in [0.1, 0.15) is 6.04 Å². The molecule has 0 saturated carbocycles. The lowest BCUT2D eigenvalue weighted by Gasteiger charge is -2.33. The van der Waals surface area contributed by atoms with Gasteiger partial charge in [-0.25, -0.2) is 0 Å². The molecular formula is C18H21N5O3. The Morgan fingerprint density at radius 2 is 2.23 bits per heavy atom. The number of nitrogens with zero attached hydrogens (tertiary/aromatic N) is 4. The van der Waals surface area contributed by atoms with E-state index in [1.54, 1.807) is 11.1 Å². The first kappa shape index (κ1) is 16.7. The zero-order chi connectivity index (χ0) is 18.3. The van der Waals surface area contributed by atoms with E-state index in [4.69, 9.17) is 9.26 Å². The fourth-order valence-corrected chi connectivity index (χ4v) is 3.21. The summed E-state index contributed by atoms with van der Waals surface area (Å²) in [6, 6.07) is 3.51. The second kappa shape index (κ2) is 6.53. The molecule has 1 N–H and O–H groups in total.